The van der Waals surface area contributed by atoms with Crippen LogP contribution in [0.5, 0.6) is 0 Å². The van der Waals surface area contributed by atoms with Gasteiger partial charge in [0.2, 0.25) is 0 Å². The van der Waals surface area contributed by atoms with Gasteiger partial charge in [-0.2, -0.15) is 0 Å². The van der Waals surface area contributed by atoms with E-state index in [1.807, 2.05) is 6.07 Å². The molecular formula is C15H19FN2OS. The van der Waals surface area contributed by atoms with E-state index in [1.165, 1.54) is 6.07 Å². The predicted octanol–water partition coefficient (Wildman–Crippen LogP) is 4.13. The fourth-order valence-electron chi connectivity index (χ4n) is 3.06. The Kier molecular flexibility index (Phi) is 3.65. The molecule has 5 heteroatoms. The number of aryl methyl sites for hydroxylation is 1. The average Bonchev–Trinajstić information content (AvgIpc) is 2.75. The van der Waals surface area contributed by atoms with Crippen LogP contribution >= 0.6 is 12.2 Å². The third kappa shape index (κ3) is 2.29. The lowest BCUT2D eigenvalue weighted by atomic mass is 9.92. The molecule has 20 heavy (non-hydrogen) atoms. The van der Waals surface area contributed by atoms with Crippen LogP contribution in [0.1, 0.15) is 31.4 Å². The van der Waals surface area contributed by atoms with Gasteiger partial charge in [-0.3, -0.25) is 0 Å². The van der Waals surface area contributed by atoms with E-state index in [0.29, 0.717) is 22.3 Å². The second kappa shape index (κ2) is 5.30. The molecule has 0 radical (unpaired) electrons. The maximum absolute atomic E-state index is 13.7. The van der Waals surface area contributed by atoms with E-state index >= 15 is 0 Å². The number of nitrogens with zero attached hydrogens (tertiary/aromatic N) is 1. The van der Waals surface area contributed by atoms with Crippen LogP contribution in [0.25, 0.3) is 11.0 Å². The van der Waals surface area contributed by atoms with Gasteiger partial charge < -0.3 is 14.3 Å². The molecule has 3 nitrogen and oxygen atoms in total. The van der Waals surface area contributed by atoms with Gasteiger partial charge in [-0.1, -0.05) is 0 Å². The number of ether oxygens (including phenoxy) is 1. The number of hydrogen-bond donors (Lipinski definition) is 1. The van der Waals surface area contributed by atoms with Gasteiger partial charge in [-0.15, -0.1) is 0 Å². The molecule has 108 valence electrons. The number of benzene rings is 1. The van der Waals surface area contributed by atoms with Crippen molar-refractivity contribution >= 4 is 23.3 Å². The highest BCUT2D eigenvalue weighted by atomic mass is 32.1. The number of hydrogen-bond acceptors (Lipinski definition) is 2. The highest BCUT2D eigenvalue weighted by Crippen LogP contribution is 2.31. The van der Waals surface area contributed by atoms with Gasteiger partial charge >= 0.3 is 0 Å². The van der Waals surface area contributed by atoms with Crippen LogP contribution in [0.15, 0.2) is 12.1 Å². The molecule has 1 aromatic heterocycles. The zero-order valence-electron chi connectivity index (χ0n) is 11.8. The first-order valence-electron chi connectivity index (χ1n) is 7.06. The van der Waals surface area contributed by atoms with Crippen LogP contribution in [-0.2, 0) is 4.74 Å². The molecule has 2 heterocycles. The van der Waals surface area contributed by atoms with Gasteiger partial charge in [0.15, 0.2) is 4.77 Å². The molecule has 1 aromatic carbocycles. The lowest BCUT2D eigenvalue weighted by molar-refractivity contribution is 0.0517. The Morgan fingerprint density at radius 3 is 2.80 bits per heavy atom. The summed E-state index contributed by atoms with van der Waals surface area (Å²) >= 11 is 5.44. The highest BCUT2D eigenvalue weighted by Gasteiger charge is 2.24. The number of nitrogens with one attached hydrogen (secondary N) is 1. The first-order valence-corrected chi connectivity index (χ1v) is 7.47. The summed E-state index contributed by atoms with van der Waals surface area (Å²) in [5.41, 5.74) is 2.42. The molecule has 1 aliphatic heterocycles. The smallest absolute Gasteiger partial charge is 0.178 e. The van der Waals surface area contributed by atoms with Crippen LogP contribution < -0.4 is 0 Å². The summed E-state index contributed by atoms with van der Waals surface area (Å²) < 4.78 is 21.9. The predicted molar refractivity (Wildman–Crippen MR) is 80.1 cm³/mol. The molecule has 1 unspecified atom stereocenters. The first-order chi connectivity index (χ1) is 9.58. The van der Waals surface area contributed by atoms with Crippen LogP contribution in [0.4, 0.5) is 4.39 Å². The maximum atomic E-state index is 13.7. The Hall–Kier alpha value is -1.20. The third-order valence-corrected chi connectivity index (χ3v) is 4.65. The van der Waals surface area contributed by atoms with Crippen LogP contribution in [0, 0.1) is 23.4 Å². The van der Waals surface area contributed by atoms with Crippen molar-refractivity contribution < 1.29 is 9.13 Å². The molecule has 0 saturated carbocycles. The van der Waals surface area contributed by atoms with Crippen molar-refractivity contribution in [1.29, 1.82) is 0 Å². The minimum Gasteiger partial charge on any atom is -0.381 e. The lowest BCUT2D eigenvalue weighted by Crippen LogP contribution is -2.24. The van der Waals surface area contributed by atoms with E-state index in [9.17, 15) is 4.39 Å². The van der Waals surface area contributed by atoms with Crippen LogP contribution in [0.2, 0.25) is 0 Å². The van der Waals surface area contributed by atoms with E-state index in [1.54, 1.807) is 6.92 Å². The fourth-order valence-corrected chi connectivity index (χ4v) is 3.44. The molecule has 1 fully saturated rings. The second-order valence-corrected chi connectivity index (χ2v) is 6.00. The number of aromatic nitrogens is 2. The fraction of sp³-hybridized carbons (Fsp3) is 0.533. The van der Waals surface area contributed by atoms with Crippen molar-refractivity contribution in [3.8, 4) is 0 Å². The minimum absolute atomic E-state index is 0.195. The number of H-pyrrole nitrogens is 1. The van der Waals surface area contributed by atoms with Crippen molar-refractivity contribution in [2.75, 3.05) is 13.2 Å². The van der Waals surface area contributed by atoms with Crippen LogP contribution in [0.3, 0.4) is 0 Å². The zero-order chi connectivity index (χ0) is 14.3. The Morgan fingerprint density at radius 2 is 2.10 bits per heavy atom. The molecule has 1 saturated heterocycles. The average molecular weight is 294 g/mol. The van der Waals surface area contributed by atoms with Crippen molar-refractivity contribution in [3.05, 3.63) is 28.3 Å². The molecule has 3 rings (SSSR count). The molecule has 0 bridgehead atoms. The van der Waals surface area contributed by atoms with E-state index in [2.05, 4.69) is 16.5 Å². The van der Waals surface area contributed by atoms with E-state index in [4.69, 9.17) is 17.0 Å². The Labute approximate surface area is 122 Å². The van der Waals surface area contributed by atoms with Gasteiger partial charge in [-0.05, 0) is 62.5 Å². The summed E-state index contributed by atoms with van der Waals surface area (Å²) in [5, 5.41) is 0. The molecule has 1 aliphatic rings. The van der Waals surface area contributed by atoms with Crippen molar-refractivity contribution in [3.63, 3.8) is 0 Å². The van der Waals surface area contributed by atoms with Crippen molar-refractivity contribution in [2.24, 2.45) is 5.92 Å². The number of rotatable bonds is 2. The number of aromatic amines is 1. The number of fused-ring (bicyclic) bond motifs is 1. The van der Waals surface area contributed by atoms with Gasteiger partial charge in [0.1, 0.15) is 5.82 Å². The van der Waals surface area contributed by atoms with Gasteiger partial charge in [-0.25, -0.2) is 4.39 Å². The summed E-state index contributed by atoms with van der Waals surface area (Å²) in [6.45, 7) is 5.61. The standard InChI is InChI=1S/C15H19FN2OS/c1-9-7-14-13(8-12(9)16)17-15(20)18(14)10(2)11-3-5-19-6-4-11/h7-8,10-11H,3-6H2,1-2H3,(H,17,20). The Balaban J connectivity index is 2.08. The summed E-state index contributed by atoms with van der Waals surface area (Å²) in [6.07, 6.45) is 2.10. The van der Waals surface area contributed by atoms with Crippen LogP contribution in [-0.4, -0.2) is 22.8 Å². The van der Waals surface area contributed by atoms with Crippen molar-refractivity contribution in [2.45, 2.75) is 32.7 Å². The lowest BCUT2D eigenvalue weighted by Gasteiger charge is -2.29. The zero-order valence-corrected chi connectivity index (χ0v) is 12.6. The van der Waals surface area contributed by atoms with Gasteiger partial charge in [0.25, 0.3) is 0 Å². The molecule has 0 amide bonds. The van der Waals surface area contributed by atoms with Gasteiger partial charge in [0, 0.05) is 19.3 Å². The minimum atomic E-state index is -0.195. The second-order valence-electron chi connectivity index (χ2n) is 5.61. The largest absolute Gasteiger partial charge is 0.381 e. The van der Waals surface area contributed by atoms with E-state index in [0.717, 1.165) is 37.1 Å². The molecule has 1 atom stereocenters. The molecule has 0 spiro atoms. The van der Waals surface area contributed by atoms with Gasteiger partial charge in [0.05, 0.1) is 11.0 Å². The van der Waals surface area contributed by atoms with E-state index < -0.39 is 0 Å². The summed E-state index contributed by atoms with van der Waals surface area (Å²) in [6, 6.07) is 3.71. The Morgan fingerprint density at radius 1 is 1.40 bits per heavy atom. The topological polar surface area (TPSA) is 29.9 Å². The Bertz CT molecular complexity index is 685. The normalized spacial score (nSPS) is 18.6. The molecule has 1 N–H and O–H groups in total. The SMILES string of the molecule is Cc1cc2c(cc1F)[nH]c(=S)n2C(C)C1CCOCC1. The molecular weight excluding hydrogens is 275 g/mol. The molecule has 2 aromatic rings. The summed E-state index contributed by atoms with van der Waals surface area (Å²) in [7, 11) is 0. The molecule has 0 aliphatic carbocycles. The number of halogens is 1. The monoisotopic (exact) mass is 294 g/mol. The third-order valence-electron chi connectivity index (χ3n) is 4.35. The number of imidazole rings is 1. The first kappa shape index (κ1) is 13.8. The highest BCUT2D eigenvalue weighted by molar-refractivity contribution is 7.71. The quantitative estimate of drug-likeness (QED) is 0.844. The van der Waals surface area contributed by atoms with Crippen molar-refractivity contribution in [1.82, 2.24) is 9.55 Å². The maximum Gasteiger partial charge on any atom is 0.178 e. The van der Waals surface area contributed by atoms with E-state index in [-0.39, 0.29) is 5.82 Å². The summed E-state index contributed by atoms with van der Waals surface area (Å²) in [5.74, 6) is 0.361. The summed E-state index contributed by atoms with van der Waals surface area (Å²) in [4.78, 5) is 3.12.